The Hall–Kier alpha value is -1.65. The molecule has 0 amide bonds. The van der Waals surface area contributed by atoms with E-state index in [0.717, 1.165) is 0 Å². The fourth-order valence-electron chi connectivity index (χ4n) is 1.29. The summed E-state index contributed by atoms with van der Waals surface area (Å²) in [5.41, 5.74) is 0.505. The second-order valence-electron chi connectivity index (χ2n) is 3.44. The number of aryl methyl sites for hydroxylation is 1. The maximum Gasteiger partial charge on any atom is 0.308 e. The molecule has 0 spiro atoms. The molecule has 15 heavy (non-hydrogen) atoms. The zero-order valence-electron chi connectivity index (χ0n) is 9.06. The van der Waals surface area contributed by atoms with Gasteiger partial charge in [0.05, 0.1) is 25.6 Å². The first kappa shape index (κ1) is 11.4. The number of nitrogens with zero attached hydrogens (tertiary/aromatic N) is 2. The highest BCUT2D eigenvalue weighted by atomic mass is 16.5. The van der Waals surface area contributed by atoms with Crippen molar-refractivity contribution in [3.05, 3.63) is 18.2 Å². The number of imidazole rings is 1. The van der Waals surface area contributed by atoms with Gasteiger partial charge in [-0.05, 0) is 0 Å². The van der Waals surface area contributed by atoms with Crippen LogP contribution >= 0.6 is 0 Å². The van der Waals surface area contributed by atoms with E-state index in [4.69, 9.17) is 0 Å². The van der Waals surface area contributed by atoms with Crippen molar-refractivity contribution in [2.24, 2.45) is 13.0 Å². The lowest BCUT2D eigenvalue weighted by Gasteiger charge is -2.07. The molecule has 0 aliphatic carbocycles. The van der Waals surface area contributed by atoms with Crippen LogP contribution in [0.15, 0.2) is 12.5 Å². The van der Waals surface area contributed by atoms with E-state index in [9.17, 15) is 9.59 Å². The van der Waals surface area contributed by atoms with Crippen molar-refractivity contribution in [2.75, 3.05) is 7.11 Å². The highest BCUT2D eigenvalue weighted by molar-refractivity contribution is 5.96. The van der Waals surface area contributed by atoms with Gasteiger partial charge in [0.1, 0.15) is 5.69 Å². The number of hydrogen-bond donors (Lipinski definition) is 0. The number of rotatable bonds is 4. The highest BCUT2D eigenvalue weighted by Gasteiger charge is 2.19. The molecule has 5 heteroatoms. The van der Waals surface area contributed by atoms with Crippen LogP contribution in [0.2, 0.25) is 0 Å². The van der Waals surface area contributed by atoms with Crippen molar-refractivity contribution in [2.45, 2.75) is 13.3 Å². The van der Waals surface area contributed by atoms with Crippen LogP contribution in [-0.4, -0.2) is 28.4 Å². The molecule has 1 atom stereocenters. The van der Waals surface area contributed by atoms with Gasteiger partial charge < -0.3 is 9.30 Å². The number of aromatic nitrogens is 2. The molecule has 1 aromatic rings. The molecule has 0 aliphatic heterocycles. The summed E-state index contributed by atoms with van der Waals surface area (Å²) in [4.78, 5) is 26.6. The molecule has 82 valence electrons. The van der Waals surface area contributed by atoms with Crippen LogP contribution in [-0.2, 0) is 16.6 Å². The van der Waals surface area contributed by atoms with Crippen LogP contribution in [0.25, 0.3) is 0 Å². The minimum atomic E-state index is -0.419. The first-order valence-corrected chi connectivity index (χ1v) is 4.63. The summed E-state index contributed by atoms with van der Waals surface area (Å²) in [5.74, 6) is -0.893. The molecule has 1 rings (SSSR count). The largest absolute Gasteiger partial charge is 0.469 e. The standard InChI is InChI=1S/C10H14N2O3/c1-7(10(14)15-3)4-9(13)8-5-11-6-12(8)2/h5-7H,4H2,1-3H3. The van der Waals surface area contributed by atoms with Crippen LogP contribution in [0.1, 0.15) is 23.8 Å². The van der Waals surface area contributed by atoms with Crippen LogP contribution in [0.4, 0.5) is 0 Å². The lowest BCUT2D eigenvalue weighted by molar-refractivity contribution is -0.144. The molecule has 0 N–H and O–H groups in total. The number of carbonyl (C=O) groups is 2. The number of esters is 1. The van der Waals surface area contributed by atoms with Gasteiger partial charge in [0, 0.05) is 13.5 Å². The molecule has 0 aromatic carbocycles. The number of ketones is 1. The maximum atomic E-state index is 11.7. The molecule has 1 heterocycles. The fraction of sp³-hybridized carbons (Fsp3) is 0.500. The minimum Gasteiger partial charge on any atom is -0.469 e. The van der Waals surface area contributed by atoms with Gasteiger partial charge >= 0.3 is 5.97 Å². The molecule has 0 saturated carbocycles. The second kappa shape index (κ2) is 4.72. The minimum absolute atomic E-state index is 0.104. The van der Waals surface area contributed by atoms with E-state index in [1.807, 2.05) is 0 Å². The average Bonchev–Trinajstić information content (AvgIpc) is 2.63. The Morgan fingerprint density at radius 1 is 1.60 bits per heavy atom. The van der Waals surface area contributed by atoms with Gasteiger partial charge in [0.25, 0.3) is 0 Å². The monoisotopic (exact) mass is 210 g/mol. The van der Waals surface area contributed by atoms with Crippen LogP contribution < -0.4 is 0 Å². The van der Waals surface area contributed by atoms with Gasteiger partial charge in [-0.1, -0.05) is 6.92 Å². The van der Waals surface area contributed by atoms with Crippen molar-refractivity contribution in [1.29, 1.82) is 0 Å². The van der Waals surface area contributed by atoms with Gasteiger partial charge in [-0.3, -0.25) is 9.59 Å². The second-order valence-corrected chi connectivity index (χ2v) is 3.44. The number of carbonyl (C=O) groups excluding carboxylic acids is 2. The van der Waals surface area contributed by atoms with Crippen molar-refractivity contribution in [3.63, 3.8) is 0 Å². The van der Waals surface area contributed by atoms with E-state index in [-0.39, 0.29) is 18.2 Å². The van der Waals surface area contributed by atoms with Crippen molar-refractivity contribution in [3.8, 4) is 0 Å². The Kier molecular flexibility index (Phi) is 3.60. The molecule has 0 fully saturated rings. The summed E-state index contributed by atoms with van der Waals surface area (Å²) in [6.07, 6.45) is 3.19. The predicted molar refractivity (Wildman–Crippen MR) is 53.3 cm³/mol. The van der Waals surface area contributed by atoms with Crippen molar-refractivity contribution >= 4 is 11.8 Å². The maximum absolute atomic E-state index is 11.7. The topological polar surface area (TPSA) is 61.2 Å². The lowest BCUT2D eigenvalue weighted by Crippen LogP contribution is -2.18. The summed E-state index contributed by atoms with van der Waals surface area (Å²) >= 11 is 0. The third kappa shape index (κ3) is 2.65. The zero-order valence-corrected chi connectivity index (χ0v) is 9.06. The summed E-state index contributed by atoms with van der Waals surface area (Å²) in [6.45, 7) is 1.67. The molecular weight excluding hydrogens is 196 g/mol. The normalized spacial score (nSPS) is 12.2. The molecule has 1 unspecified atom stereocenters. The van der Waals surface area contributed by atoms with Crippen LogP contribution in [0.3, 0.4) is 0 Å². The summed E-state index contributed by atoms with van der Waals surface area (Å²) < 4.78 is 6.18. The molecule has 1 aromatic heterocycles. The van der Waals surface area contributed by atoms with E-state index in [2.05, 4.69) is 9.72 Å². The van der Waals surface area contributed by atoms with E-state index < -0.39 is 5.92 Å². The smallest absolute Gasteiger partial charge is 0.308 e. The average molecular weight is 210 g/mol. The Bertz CT molecular complexity index is 370. The van der Waals surface area contributed by atoms with Gasteiger partial charge in [0.2, 0.25) is 0 Å². The summed E-state index contributed by atoms with van der Waals surface area (Å²) in [5, 5.41) is 0. The van der Waals surface area contributed by atoms with Crippen molar-refractivity contribution < 1.29 is 14.3 Å². The molecule has 5 nitrogen and oxygen atoms in total. The third-order valence-electron chi connectivity index (χ3n) is 2.20. The van der Waals surface area contributed by atoms with Crippen molar-refractivity contribution in [1.82, 2.24) is 9.55 Å². The molecular formula is C10H14N2O3. The Labute approximate surface area is 88.1 Å². The van der Waals surface area contributed by atoms with Crippen LogP contribution in [0, 0.1) is 5.92 Å². The fourth-order valence-corrected chi connectivity index (χ4v) is 1.29. The van der Waals surface area contributed by atoms with E-state index in [1.165, 1.54) is 13.3 Å². The first-order valence-electron chi connectivity index (χ1n) is 4.63. The molecule has 0 radical (unpaired) electrons. The molecule has 0 saturated heterocycles. The molecule has 0 aliphatic rings. The van der Waals surface area contributed by atoms with Gasteiger partial charge in [-0.25, -0.2) is 4.98 Å². The van der Waals surface area contributed by atoms with Gasteiger partial charge in [-0.15, -0.1) is 0 Å². The van der Waals surface area contributed by atoms with Gasteiger partial charge in [-0.2, -0.15) is 0 Å². The van der Waals surface area contributed by atoms with Gasteiger partial charge in [0.15, 0.2) is 5.78 Å². The number of Topliss-reactive ketones (excluding diaryl/α,β-unsaturated/α-hetero) is 1. The number of hydrogen-bond acceptors (Lipinski definition) is 4. The SMILES string of the molecule is COC(=O)C(C)CC(=O)c1cncn1C. The number of ether oxygens (including phenoxy) is 1. The Morgan fingerprint density at radius 3 is 2.73 bits per heavy atom. The third-order valence-corrected chi connectivity index (χ3v) is 2.20. The van der Waals surface area contributed by atoms with Crippen LogP contribution in [0.5, 0.6) is 0 Å². The lowest BCUT2D eigenvalue weighted by atomic mass is 10.0. The molecule has 0 bridgehead atoms. The predicted octanol–water partition coefficient (Wildman–Crippen LogP) is 0.802. The quantitative estimate of drug-likeness (QED) is 0.544. The van der Waals surface area contributed by atoms with E-state index >= 15 is 0 Å². The first-order chi connectivity index (χ1) is 7.06. The van der Waals surface area contributed by atoms with E-state index in [1.54, 1.807) is 24.9 Å². The zero-order chi connectivity index (χ0) is 11.4. The van der Waals surface area contributed by atoms with E-state index in [0.29, 0.717) is 5.69 Å². The Morgan fingerprint density at radius 2 is 2.27 bits per heavy atom. The summed E-state index contributed by atoms with van der Waals surface area (Å²) in [7, 11) is 3.05. The Balaban J connectivity index is 2.64. The number of methoxy groups -OCH3 is 1. The highest BCUT2D eigenvalue weighted by Crippen LogP contribution is 2.10. The summed E-state index contributed by atoms with van der Waals surface area (Å²) in [6, 6.07) is 0.